The first-order valence-electron chi connectivity index (χ1n) is 5.08. The van der Waals surface area contributed by atoms with Gasteiger partial charge < -0.3 is 10.8 Å². The van der Waals surface area contributed by atoms with E-state index in [0.717, 1.165) is 25.7 Å². The molecule has 3 heteroatoms. The average Bonchev–Trinajstić information content (AvgIpc) is 2.15. The molecule has 0 aromatic carbocycles. The second-order valence-electron chi connectivity index (χ2n) is 3.42. The van der Waals surface area contributed by atoms with E-state index in [1.54, 1.807) is 0 Å². The van der Waals surface area contributed by atoms with Gasteiger partial charge in [-0.2, -0.15) is 0 Å². The van der Waals surface area contributed by atoms with Crippen LogP contribution in [0.15, 0.2) is 0 Å². The van der Waals surface area contributed by atoms with Gasteiger partial charge in [0.25, 0.3) is 0 Å². The number of nitrogens with two attached hydrogens (primary N) is 1. The highest BCUT2D eigenvalue weighted by molar-refractivity contribution is 5.69. The Labute approximate surface area is 85.7 Å². The van der Waals surface area contributed by atoms with Crippen molar-refractivity contribution < 1.29 is 9.90 Å². The Morgan fingerprint density at radius 1 is 1.36 bits per heavy atom. The molecule has 0 aromatic heterocycles. The molecule has 0 saturated heterocycles. The molecule has 3 N–H and O–H groups in total. The van der Waals surface area contributed by atoms with Crippen molar-refractivity contribution >= 4 is 5.97 Å². The molecule has 0 heterocycles. The lowest BCUT2D eigenvalue weighted by molar-refractivity contribution is -0.142. The summed E-state index contributed by atoms with van der Waals surface area (Å²) >= 11 is 0. The zero-order chi connectivity index (χ0) is 10.8. The minimum absolute atomic E-state index is 0.241. The number of carbonyl (C=O) groups is 1. The predicted molar refractivity (Wildman–Crippen MR) is 56.7 cm³/mol. The molecule has 0 aliphatic rings. The van der Waals surface area contributed by atoms with E-state index in [4.69, 9.17) is 17.3 Å². The Hall–Kier alpha value is -1.01. The normalized spacial score (nSPS) is 12.0. The van der Waals surface area contributed by atoms with Crippen molar-refractivity contribution in [2.75, 3.05) is 6.54 Å². The van der Waals surface area contributed by atoms with Crippen molar-refractivity contribution in [3.63, 3.8) is 0 Å². The molecule has 14 heavy (non-hydrogen) atoms. The van der Waals surface area contributed by atoms with Crippen LogP contribution in [0.4, 0.5) is 0 Å². The lowest BCUT2D eigenvalue weighted by atomic mass is 9.96. The molecule has 1 atom stereocenters. The summed E-state index contributed by atoms with van der Waals surface area (Å²) < 4.78 is 0. The molecule has 0 saturated carbocycles. The van der Waals surface area contributed by atoms with Gasteiger partial charge in [0, 0.05) is 6.42 Å². The van der Waals surface area contributed by atoms with Crippen LogP contribution >= 0.6 is 0 Å². The number of terminal acetylenes is 1. The number of aliphatic carboxylic acids is 1. The summed E-state index contributed by atoms with van der Waals surface area (Å²) in [6.45, 7) is 0.636. The Bertz CT molecular complexity index is 196. The molecule has 0 spiro atoms. The minimum atomic E-state index is -0.709. The molecule has 0 fully saturated rings. The number of rotatable bonds is 8. The number of carboxylic acid groups (broad SMARTS) is 1. The highest BCUT2D eigenvalue weighted by Crippen LogP contribution is 2.15. The van der Waals surface area contributed by atoms with Gasteiger partial charge in [-0.05, 0) is 32.2 Å². The Morgan fingerprint density at radius 2 is 2.00 bits per heavy atom. The molecule has 0 aliphatic heterocycles. The first-order chi connectivity index (χ1) is 6.72. The Balaban J connectivity index is 3.68. The summed E-state index contributed by atoms with van der Waals surface area (Å²) in [6.07, 6.45) is 9.77. The van der Waals surface area contributed by atoms with Crippen LogP contribution in [-0.4, -0.2) is 17.6 Å². The maximum atomic E-state index is 10.8. The fraction of sp³-hybridized carbons (Fsp3) is 0.727. The maximum Gasteiger partial charge on any atom is 0.306 e. The molecule has 0 amide bonds. The summed E-state index contributed by atoms with van der Waals surface area (Å²) in [7, 11) is 0. The third kappa shape index (κ3) is 6.50. The molecule has 1 unspecified atom stereocenters. The molecule has 80 valence electrons. The zero-order valence-corrected chi connectivity index (χ0v) is 8.54. The third-order valence-corrected chi connectivity index (χ3v) is 2.23. The lowest BCUT2D eigenvalue weighted by Gasteiger charge is -2.10. The summed E-state index contributed by atoms with van der Waals surface area (Å²) in [5.41, 5.74) is 5.34. The van der Waals surface area contributed by atoms with E-state index in [1.165, 1.54) is 0 Å². The van der Waals surface area contributed by atoms with Crippen molar-refractivity contribution in [3.05, 3.63) is 0 Å². The standard InChI is InChI=1S/C11H19NO2/c1-2-3-4-7-10(11(13)14)8-5-6-9-12/h1,10H,3-9,12H2,(H,13,14). The topological polar surface area (TPSA) is 63.3 Å². The maximum absolute atomic E-state index is 10.8. The first-order valence-corrected chi connectivity index (χ1v) is 5.08. The number of carboxylic acids is 1. The van der Waals surface area contributed by atoms with E-state index < -0.39 is 5.97 Å². The number of hydrogen-bond donors (Lipinski definition) is 2. The van der Waals surface area contributed by atoms with Gasteiger partial charge in [-0.15, -0.1) is 12.3 Å². The molecule has 0 aliphatic carbocycles. The van der Waals surface area contributed by atoms with Gasteiger partial charge in [0.15, 0.2) is 0 Å². The van der Waals surface area contributed by atoms with Crippen molar-refractivity contribution in [1.29, 1.82) is 0 Å². The van der Waals surface area contributed by atoms with E-state index >= 15 is 0 Å². The van der Waals surface area contributed by atoms with Crippen molar-refractivity contribution in [2.24, 2.45) is 11.7 Å². The predicted octanol–water partition coefficient (Wildman–Crippen LogP) is 1.62. The van der Waals surface area contributed by atoms with Gasteiger partial charge in [0.2, 0.25) is 0 Å². The minimum Gasteiger partial charge on any atom is -0.481 e. The molecule has 3 nitrogen and oxygen atoms in total. The van der Waals surface area contributed by atoms with Gasteiger partial charge in [-0.25, -0.2) is 0 Å². The summed E-state index contributed by atoms with van der Waals surface area (Å²) in [4.78, 5) is 10.8. The molecular weight excluding hydrogens is 178 g/mol. The van der Waals surface area contributed by atoms with Gasteiger partial charge in [0.1, 0.15) is 0 Å². The second kappa shape index (κ2) is 8.58. The molecule has 0 aromatic rings. The quantitative estimate of drug-likeness (QED) is 0.459. The Morgan fingerprint density at radius 3 is 2.50 bits per heavy atom. The number of unbranched alkanes of at least 4 members (excludes halogenated alkanes) is 2. The van der Waals surface area contributed by atoms with Crippen molar-refractivity contribution in [1.82, 2.24) is 0 Å². The summed E-state index contributed by atoms with van der Waals surface area (Å²) in [6, 6.07) is 0. The van der Waals surface area contributed by atoms with Crippen LogP contribution < -0.4 is 5.73 Å². The molecule has 0 radical (unpaired) electrons. The van der Waals surface area contributed by atoms with Crippen molar-refractivity contribution in [3.8, 4) is 12.3 Å². The van der Waals surface area contributed by atoms with E-state index in [9.17, 15) is 4.79 Å². The fourth-order valence-electron chi connectivity index (χ4n) is 1.38. The monoisotopic (exact) mass is 197 g/mol. The molecular formula is C11H19NO2. The molecule has 0 bridgehead atoms. The van der Waals surface area contributed by atoms with Crippen molar-refractivity contribution in [2.45, 2.75) is 38.5 Å². The summed E-state index contributed by atoms with van der Waals surface area (Å²) in [5.74, 6) is 1.57. The second-order valence-corrected chi connectivity index (χ2v) is 3.42. The van der Waals surface area contributed by atoms with E-state index in [2.05, 4.69) is 5.92 Å². The third-order valence-electron chi connectivity index (χ3n) is 2.23. The van der Waals surface area contributed by atoms with Crippen LogP contribution in [0.5, 0.6) is 0 Å². The van der Waals surface area contributed by atoms with E-state index in [0.29, 0.717) is 19.4 Å². The van der Waals surface area contributed by atoms with Crippen LogP contribution in [0.1, 0.15) is 38.5 Å². The lowest BCUT2D eigenvalue weighted by Crippen LogP contribution is -2.14. The molecule has 0 rings (SSSR count). The van der Waals surface area contributed by atoms with E-state index in [-0.39, 0.29) is 5.92 Å². The van der Waals surface area contributed by atoms with Crippen LogP contribution in [0.3, 0.4) is 0 Å². The van der Waals surface area contributed by atoms with Gasteiger partial charge in [-0.1, -0.05) is 6.42 Å². The smallest absolute Gasteiger partial charge is 0.306 e. The fourth-order valence-corrected chi connectivity index (χ4v) is 1.38. The summed E-state index contributed by atoms with van der Waals surface area (Å²) in [5, 5.41) is 8.89. The van der Waals surface area contributed by atoms with E-state index in [1.807, 2.05) is 0 Å². The van der Waals surface area contributed by atoms with Crippen LogP contribution in [-0.2, 0) is 4.79 Å². The van der Waals surface area contributed by atoms with Crippen LogP contribution in [0, 0.1) is 18.3 Å². The van der Waals surface area contributed by atoms with Gasteiger partial charge >= 0.3 is 5.97 Å². The van der Waals surface area contributed by atoms with Crippen LogP contribution in [0.25, 0.3) is 0 Å². The van der Waals surface area contributed by atoms with Gasteiger partial charge in [0.05, 0.1) is 5.92 Å². The zero-order valence-electron chi connectivity index (χ0n) is 8.54. The first kappa shape index (κ1) is 13.0. The average molecular weight is 197 g/mol. The highest BCUT2D eigenvalue weighted by Gasteiger charge is 2.15. The van der Waals surface area contributed by atoms with Gasteiger partial charge in [-0.3, -0.25) is 4.79 Å². The van der Waals surface area contributed by atoms with Crippen LogP contribution in [0.2, 0.25) is 0 Å². The largest absolute Gasteiger partial charge is 0.481 e. The SMILES string of the molecule is C#CCCCC(CCCCN)C(=O)O. The highest BCUT2D eigenvalue weighted by atomic mass is 16.4. The number of hydrogen-bond acceptors (Lipinski definition) is 2. The Kier molecular flexibility index (Phi) is 7.96.